The molecule has 0 radical (unpaired) electrons. The largest absolute Gasteiger partial charge is 0.493 e. The van der Waals surface area contributed by atoms with Gasteiger partial charge in [0.25, 0.3) is 5.91 Å². The molecule has 15 nitrogen and oxygen atoms in total. The molecule has 0 saturated carbocycles. The molecule has 298 valence electrons. The molecular weight excluding hydrogens is 749 g/mol. The molecular formula is C39H39F3N8O7. The van der Waals surface area contributed by atoms with Gasteiger partial charge in [0.05, 0.1) is 42.0 Å². The van der Waals surface area contributed by atoms with Crippen molar-refractivity contribution in [3.8, 4) is 11.5 Å². The summed E-state index contributed by atoms with van der Waals surface area (Å²) in [5.74, 6) is -1.04. The Morgan fingerprint density at radius 2 is 1.86 bits per heavy atom. The van der Waals surface area contributed by atoms with Crippen LogP contribution in [0.2, 0.25) is 0 Å². The van der Waals surface area contributed by atoms with Crippen molar-refractivity contribution in [2.75, 3.05) is 36.6 Å². The zero-order valence-electron chi connectivity index (χ0n) is 31.2. The summed E-state index contributed by atoms with van der Waals surface area (Å²) in [6.45, 7) is 3.98. The molecule has 1 unspecified atom stereocenters. The lowest BCUT2D eigenvalue weighted by Gasteiger charge is -2.29. The van der Waals surface area contributed by atoms with E-state index in [4.69, 9.17) is 15.2 Å². The van der Waals surface area contributed by atoms with Crippen LogP contribution in [0.25, 0.3) is 10.9 Å². The predicted molar refractivity (Wildman–Crippen MR) is 200 cm³/mol. The number of alkyl halides is 3. The number of piperidine rings is 1. The van der Waals surface area contributed by atoms with E-state index in [0.717, 1.165) is 12.1 Å². The summed E-state index contributed by atoms with van der Waals surface area (Å²) in [6, 6.07) is 10.2. The number of aromatic nitrogens is 2. The number of aryl methyl sites for hydroxylation is 1. The highest BCUT2D eigenvalue weighted by molar-refractivity contribution is 6.11. The van der Waals surface area contributed by atoms with Crippen molar-refractivity contribution >= 4 is 57.6 Å². The third kappa shape index (κ3) is 8.10. The Morgan fingerprint density at radius 1 is 1.07 bits per heavy atom. The molecule has 3 aliphatic heterocycles. The number of nitrogen functional groups attached to an aromatic ring is 1. The molecule has 3 aliphatic rings. The van der Waals surface area contributed by atoms with E-state index in [1.807, 2.05) is 0 Å². The van der Waals surface area contributed by atoms with E-state index in [1.165, 1.54) is 23.0 Å². The first-order valence-corrected chi connectivity index (χ1v) is 18.2. The molecule has 4 aromatic rings. The van der Waals surface area contributed by atoms with Crippen LogP contribution in [0.1, 0.15) is 71.5 Å². The lowest BCUT2D eigenvalue weighted by atomic mass is 10.0. The first kappa shape index (κ1) is 38.8. The highest BCUT2D eigenvalue weighted by Crippen LogP contribution is 2.38. The minimum atomic E-state index is -4.58. The van der Waals surface area contributed by atoms with Crippen LogP contribution in [0.3, 0.4) is 0 Å². The topological polar surface area (TPSA) is 198 Å². The van der Waals surface area contributed by atoms with E-state index in [-0.39, 0.29) is 42.9 Å². The van der Waals surface area contributed by atoms with Gasteiger partial charge in [-0.2, -0.15) is 13.2 Å². The number of rotatable bonds is 10. The zero-order chi connectivity index (χ0) is 40.8. The summed E-state index contributed by atoms with van der Waals surface area (Å²) in [5.41, 5.74) is 6.78. The number of carbonyl (C=O) groups is 5. The van der Waals surface area contributed by atoms with E-state index >= 15 is 0 Å². The van der Waals surface area contributed by atoms with Crippen LogP contribution in [0, 0.1) is 6.92 Å². The molecule has 2 saturated heterocycles. The first-order chi connectivity index (χ1) is 27.1. The molecule has 0 bridgehead atoms. The third-order valence-corrected chi connectivity index (χ3v) is 10.2. The second-order valence-electron chi connectivity index (χ2n) is 14.2. The van der Waals surface area contributed by atoms with Crippen LogP contribution in [-0.2, 0) is 31.9 Å². The fourth-order valence-corrected chi connectivity index (χ4v) is 7.39. The van der Waals surface area contributed by atoms with Crippen LogP contribution < -0.4 is 31.2 Å². The van der Waals surface area contributed by atoms with Crippen molar-refractivity contribution in [3.05, 3.63) is 76.6 Å². The Kier molecular flexibility index (Phi) is 10.4. The van der Waals surface area contributed by atoms with Crippen LogP contribution >= 0.6 is 0 Å². The van der Waals surface area contributed by atoms with Gasteiger partial charge < -0.3 is 35.6 Å². The van der Waals surface area contributed by atoms with Crippen molar-refractivity contribution in [1.82, 2.24) is 25.1 Å². The maximum Gasteiger partial charge on any atom is 0.416 e. The molecule has 18 heteroatoms. The zero-order valence-corrected chi connectivity index (χ0v) is 31.2. The van der Waals surface area contributed by atoms with Gasteiger partial charge in [-0.25, -0.2) is 9.97 Å². The van der Waals surface area contributed by atoms with Gasteiger partial charge in [0.2, 0.25) is 23.6 Å². The number of benzene rings is 3. The van der Waals surface area contributed by atoms with Crippen molar-refractivity contribution < 1.29 is 46.6 Å². The van der Waals surface area contributed by atoms with Gasteiger partial charge >= 0.3 is 6.18 Å². The van der Waals surface area contributed by atoms with Crippen LogP contribution in [0.15, 0.2) is 48.5 Å². The molecule has 7 rings (SSSR count). The second kappa shape index (κ2) is 15.2. The lowest BCUT2D eigenvalue weighted by molar-refractivity contribution is -0.138. The third-order valence-electron chi connectivity index (χ3n) is 10.2. The summed E-state index contributed by atoms with van der Waals surface area (Å²) in [4.78, 5) is 75.9. The van der Waals surface area contributed by atoms with Gasteiger partial charge in [0, 0.05) is 43.1 Å². The molecule has 57 heavy (non-hydrogen) atoms. The molecule has 3 aromatic carbocycles. The predicted octanol–water partition coefficient (Wildman–Crippen LogP) is 4.49. The van der Waals surface area contributed by atoms with Gasteiger partial charge in [0.1, 0.15) is 30.2 Å². The number of amides is 5. The van der Waals surface area contributed by atoms with Crippen molar-refractivity contribution in [2.45, 2.75) is 70.4 Å². The van der Waals surface area contributed by atoms with E-state index in [2.05, 4.69) is 25.9 Å². The lowest BCUT2D eigenvalue weighted by Crippen LogP contribution is -2.52. The number of nitrogens with one attached hydrogen (secondary N) is 3. The number of halogens is 3. The van der Waals surface area contributed by atoms with Crippen LogP contribution in [0.5, 0.6) is 11.5 Å². The van der Waals surface area contributed by atoms with E-state index < -0.39 is 65.9 Å². The number of nitrogens with two attached hydrogens (primary N) is 1. The normalized spacial score (nSPS) is 18.7. The Hall–Kier alpha value is -6.46. The van der Waals surface area contributed by atoms with Gasteiger partial charge in [-0.1, -0.05) is 12.1 Å². The monoisotopic (exact) mass is 788 g/mol. The minimum absolute atomic E-state index is 0.0294. The first-order valence-electron chi connectivity index (χ1n) is 18.2. The number of nitrogens with zero attached hydrogens (tertiary/aromatic N) is 4. The van der Waals surface area contributed by atoms with Crippen molar-refractivity contribution in [1.29, 1.82) is 0 Å². The number of carbonyl (C=O) groups excluding carboxylic acids is 5. The molecule has 3 atom stereocenters. The number of imide groups is 1. The van der Waals surface area contributed by atoms with E-state index in [1.54, 1.807) is 44.2 Å². The molecule has 5 N–H and O–H groups in total. The average Bonchev–Trinajstić information content (AvgIpc) is 3.75. The molecule has 0 aliphatic carbocycles. The number of ether oxygens (including phenoxy) is 2. The Morgan fingerprint density at radius 3 is 2.60 bits per heavy atom. The SMILES string of the molecule is COc1cc2nc(C)nc(N[C@H](C)c3cc(N)cc(C(F)(F)F)c3)c2cc1O[C@H]1CCN(C(=O)CC(=O)Nc2cccc3c2C(=O)N(C2CCC(=O)NC2=O)C3)C1. The highest BCUT2D eigenvalue weighted by atomic mass is 19.4. The number of methoxy groups -OCH3 is 1. The quantitative estimate of drug-likeness (QED) is 0.100. The number of likely N-dealkylation sites (tertiary alicyclic amines) is 1. The summed E-state index contributed by atoms with van der Waals surface area (Å²) >= 11 is 0. The van der Waals surface area contributed by atoms with Gasteiger partial charge in [-0.05, 0) is 61.7 Å². The van der Waals surface area contributed by atoms with Crippen molar-refractivity contribution in [3.63, 3.8) is 0 Å². The fourth-order valence-electron chi connectivity index (χ4n) is 7.39. The smallest absolute Gasteiger partial charge is 0.416 e. The highest BCUT2D eigenvalue weighted by Gasteiger charge is 2.40. The average molecular weight is 789 g/mol. The molecule has 0 spiro atoms. The molecule has 1 aromatic heterocycles. The Labute approximate surface area is 324 Å². The summed E-state index contributed by atoms with van der Waals surface area (Å²) in [7, 11) is 1.46. The standard InChI is InChI=1S/C39H39F3N8O7/c1-19(22-11-23(39(40,41)42)13-24(43)12-22)44-36-26-14-31(30(56-3)15-28(26)45-20(2)46-36)57-25-9-10-49(18-25)34(53)16-33(52)47-27-6-4-5-21-17-50(38(55)35(21)27)29-7-8-32(51)48-37(29)54/h4-6,11-15,19,25,29H,7-10,16-18,43H2,1-3H3,(H,47,52)(H,44,45,46)(H,48,51,54)/t19-,25+,29?/m1/s1. The number of hydrogen-bond donors (Lipinski definition) is 4. The van der Waals surface area contributed by atoms with E-state index in [9.17, 15) is 37.1 Å². The van der Waals surface area contributed by atoms with Gasteiger partial charge in [-0.15, -0.1) is 0 Å². The molecule has 2 fully saturated rings. The summed E-state index contributed by atoms with van der Waals surface area (Å²) in [6.07, 6.45) is -4.81. The molecule has 5 amide bonds. The van der Waals surface area contributed by atoms with Crippen LogP contribution in [0.4, 0.5) is 30.4 Å². The summed E-state index contributed by atoms with van der Waals surface area (Å²) < 4.78 is 52.5. The summed E-state index contributed by atoms with van der Waals surface area (Å²) in [5, 5.41) is 8.65. The van der Waals surface area contributed by atoms with Gasteiger partial charge in [0.15, 0.2) is 11.5 Å². The van der Waals surface area contributed by atoms with E-state index in [0.29, 0.717) is 58.1 Å². The Bertz CT molecular complexity index is 2320. The minimum Gasteiger partial charge on any atom is -0.493 e. The number of fused-ring (bicyclic) bond motifs is 2. The fraction of sp³-hybridized carbons (Fsp3) is 0.359. The maximum absolute atomic E-state index is 13.5. The maximum atomic E-state index is 13.5. The number of hydrogen-bond acceptors (Lipinski definition) is 11. The Balaban J connectivity index is 1.01. The molecule has 4 heterocycles. The van der Waals surface area contributed by atoms with Crippen LogP contribution in [-0.4, -0.2) is 81.6 Å². The van der Waals surface area contributed by atoms with Gasteiger partial charge in [-0.3, -0.25) is 29.3 Å². The second-order valence-corrected chi connectivity index (χ2v) is 14.2. The van der Waals surface area contributed by atoms with Crippen molar-refractivity contribution in [2.24, 2.45) is 0 Å². The number of anilines is 3.